The molecule has 0 unspecified atom stereocenters. The van der Waals surface area contributed by atoms with Gasteiger partial charge in [0.2, 0.25) is 0 Å². The molecule has 0 amide bonds. The Bertz CT molecular complexity index is 92.9. The van der Waals surface area contributed by atoms with Crippen LogP contribution in [0.15, 0.2) is 0 Å². The van der Waals surface area contributed by atoms with E-state index in [-0.39, 0.29) is 39.0 Å². The Morgan fingerprint density at radius 2 is 1.00 bits per heavy atom. The molecule has 7 heavy (non-hydrogen) atoms. The van der Waals surface area contributed by atoms with E-state index in [4.69, 9.17) is 17.5 Å². The molecule has 0 N–H and O–H groups in total. The second kappa shape index (κ2) is 5.26. The second-order valence-electron chi connectivity index (χ2n) is 0.408. The summed E-state index contributed by atoms with van der Waals surface area (Å²) < 4.78 is 34.1. The predicted molar refractivity (Wildman–Crippen MR) is 10.5 cm³/mol. The molecular formula is O4SZn2+2. The van der Waals surface area contributed by atoms with Crippen LogP contribution in [0.5, 0.6) is 0 Å². The van der Waals surface area contributed by atoms with Gasteiger partial charge in [0.15, 0.2) is 0 Å². The minimum absolute atomic E-state index is 0. The Labute approximate surface area is 66.8 Å². The summed E-state index contributed by atoms with van der Waals surface area (Å²) in [6.45, 7) is 0. The van der Waals surface area contributed by atoms with Crippen LogP contribution in [-0.4, -0.2) is 17.5 Å². The molecule has 0 aromatic rings. The van der Waals surface area contributed by atoms with Crippen molar-refractivity contribution in [3.8, 4) is 0 Å². The summed E-state index contributed by atoms with van der Waals surface area (Å²) in [5.74, 6) is 0. The van der Waals surface area contributed by atoms with Crippen molar-refractivity contribution in [3.05, 3.63) is 0 Å². The standard InChI is InChI=1S/H2O4S.2Zn/c1-5(2,3)4;;/h(H2,1,2,3,4);;/q;2*+2/p-2. The molecule has 0 heterocycles. The number of hydrogen-bond acceptors (Lipinski definition) is 4. The zero-order valence-electron chi connectivity index (χ0n) is 3.46. The summed E-state index contributed by atoms with van der Waals surface area (Å²) in [6.07, 6.45) is 0. The summed E-state index contributed by atoms with van der Waals surface area (Å²) in [6, 6.07) is 0. The van der Waals surface area contributed by atoms with Crippen molar-refractivity contribution in [3.63, 3.8) is 0 Å². The maximum Gasteiger partial charge on any atom is 2.00 e. The summed E-state index contributed by atoms with van der Waals surface area (Å²) in [7, 11) is -5.17. The van der Waals surface area contributed by atoms with Crippen LogP contribution < -0.4 is 0 Å². The van der Waals surface area contributed by atoms with Crippen LogP contribution in [0.3, 0.4) is 0 Å². The van der Waals surface area contributed by atoms with Gasteiger partial charge in [-0.05, 0) is 0 Å². The maximum absolute atomic E-state index is 8.52. The van der Waals surface area contributed by atoms with E-state index in [1.807, 2.05) is 0 Å². The largest absolute Gasteiger partial charge is 2.00 e. The van der Waals surface area contributed by atoms with Gasteiger partial charge in [-0.25, -0.2) is 0 Å². The molecule has 0 fully saturated rings. The molecule has 4 nitrogen and oxygen atoms in total. The smallest absolute Gasteiger partial charge is 0.759 e. The minimum atomic E-state index is -5.17. The number of hydrogen-bond donors (Lipinski definition) is 0. The van der Waals surface area contributed by atoms with Crippen molar-refractivity contribution in [2.45, 2.75) is 0 Å². The van der Waals surface area contributed by atoms with Gasteiger partial charge in [-0.3, -0.25) is 8.42 Å². The van der Waals surface area contributed by atoms with Crippen molar-refractivity contribution in [2.24, 2.45) is 0 Å². The van der Waals surface area contributed by atoms with E-state index in [1.165, 1.54) is 0 Å². The summed E-state index contributed by atoms with van der Waals surface area (Å²) in [5.41, 5.74) is 0. The zero-order valence-corrected chi connectivity index (χ0v) is 10.2. The van der Waals surface area contributed by atoms with Crippen molar-refractivity contribution in [1.82, 2.24) is 0 Å². The third-order valence-electron chi connectivity index (χ3n) is 0. The number of rotatable bonds is 0. The third kappa shape index (κ3) is 149. The van der Waals surface area contributed by atoms with Gasteiger partial charge < -0.3 is 9.11 Å². The SMILES string of the molecule is O=S(=O)([O-])[O-].[Zn+2].[Zn+2]. The molecule has 0 radical (unpaired) electrons. The molecule has 0 aliphatic rings. The monoisotopic (exact) mass is 224 g/mol. The molecular weight excluding hydrogens is 227 g/mol. The Morgan fingerprint density at radius 3 is 1.00 bits per heavy atom. The quantitative estimate of drug-likeness (QED) is 0.291. The zero-order chi connectivity index (χ0) is 4.50. The van der Waals surface area contributed by atoms with Crippen LogP contribution in [0.1, 0.15) is 0 Å². The molecule has 0 aliphatic carbocycles. The normalized spacial score (nSPS) is 8.29. The molecule has 0 bridgehead atoms. The molecule has 0 saturated heterocycles. The first-order valence-electron chi connectivity index (χ1n) is 0.667. The molecule has 0 saturated carbocycles. The average molecular weight is 227 g/mol. The van der Waals surface area contributed by atoms with E-state index in [2.05, 4.69) is 0 Å². The Kier molecular flexibility index (Phi) is 11.8. The van der Waals surface area contributed by atoms with Crippen molar-refractivity contribution in [2.75, 3.05) is 0 Å². The van der Waals surface area contributed by atoms with Crippen molar-refractivity contribution in [1.29, 1.82) is 0 Å². The van der Waals surface area contributed by atoms with Crippen molar-refractivity contribution >= 4 is 10.4 Å². The van der Waals surface area contributed by atoms with Gasteiger partial charge in [0.25, 0.3) is 0 Å². The summed E-state index contributed by atoms with van der Waals surface area (Å²) >= 11 is 0. The topological polar surface area (TPSA) is 80.3 Å². The molecule has 0 rings (SSSR count). The second-order valence-corrected chi connectivity index (χ2v) is 1.22. The minimum Gasteiger partial charge on any atom is -0.759 e. The van der Waals surface area contributed by atoms with Gasteiger partial charge in [0.05, 0.1) is 0 Å². The van der Waals surface area contributed by atoms with E-state index in [1.54, 1.807) is 0 Å². The predicted octanol–water partition coefficient (Wildman–Crippen LogP) is -1.34. The van der Waals surface area contributed by atoms with Crippen LogP contribution in [-0.2, 0) is 49.4 Å². The van der Waals surface area contributed by atoms with E-state index in [0.29, 0.717) is 0 Å². The Hall–Kier alpha value is 1.12. The van der Waals surface area contributed by atoms with Crippen LogP contribution in [0.2, 0.25) is 0 Å². The summed E-state index contributed by atoms with van der Waals surface area (Å²) in [4.78, 5) is 0. The molecule has 0 atom stereocenters. The molecule has 0 spiro atoms. The third-order valence-corrected chi connectivity index (χ3v) is 0. The van der Waals surface area contributed by atoms with Gasteiger partial charge in [-0.15, -0.1) is 0 Å². The molecule has 7 heteroatoms. The first-order valence-corrected chi connectivity index (χ1v) is 2.00. The van der Waals surface area contributed by atoms with Gasteiger partial charge in [0, 0.05) is 10.4 Å². The van der Waals surface area contributed by atoms with Crippen LogP contribution >= 0.6 is 0 Å². The van der Waals surface area contributed by atoms with Gasteiger partial charge in [-0.2, -0.15) is 0 Å². The van der Waals surface area contributed by atoms with E-state index in [0.717, 1.165) is 0 Å². The van der Waals surface area contributed by atoms with Crippen molar-refractivity contribution < 1.29 is 56.5 Å². The Balaban J connectivity index is -0.0000000800. The molecule has 0 aromatic heterocycles. The van der Waals surface area contributed by atoms with E-state index >= 15 is 0 Å². The average Bonchev–Trinajstić information content (AvgIpc) is 0.722. The fraction of sp³-hybridized carbons (Fsp3) is 0. The first kappa shape index (κ1) is 15.7. The van der Waals surface area contributed by atoms with Crippen LogP contribution in [0, 0.1) is 0 Å². The molecule has 0 aliphatic heterocycles. The van der Waals surface area contributed by atoms with Crippen LogP contribution in [0.25, 0.3) is 0 Å². The van der Waals surface area contributed by atoms with E-state index in [9.17, 15) is 0 Å². The molecule has 32 valence electrons. The fourth-order valence-corrected chi connectivity index (χ4v) is 0. The maximum atomic E-state index is 8.52. The van der Waals surface area contributed by atoms with E-state index < -0.39 is 10.4 Å². The first-order chi connectivity index (χ1) is 2.00. The molecule has 0 aromatic carbocycles. The fourth-order valence-electron chi connectivity index (χ4n) is 0. The van der Waals surface area contributed by atoms with Gasteiger partial charge in [0.1, 0.15) is 0 Å². The van der Waals surface area contributed by atoms with Gasteiger partial charge in [-0.1, -0.05) is 0 Å². The Morgan fingerprint density at radius 1 is 1.00 bits per heavy atom. The van der Waals surface area contributed by atoms with Gasteiger partial charge >= 0.3 is 39.0 Å². The van der Waals surface area contributed by atoms with Crippen LogP contribution in [0.4, 0.5) is 0 Å². The summed E-state index contributed by atoms with van der Waals surface area (Å²) in [5, 5.41) is 0.